The third-order valence-electron chi connectivity index (χ3n) is 8.63. The lowest BCUT2D eigenvalue weighted by Gasteiger charge is -2.60. The number of terminal acetylenes is 1. The van der Waals surface area contributed by atoms with Crippen LogP contribution < -0.4 is 0 Å². The number of hydrogen-bond acceptors (Lipinski definition) is 4. The lowest BCUT2D eigenvalue weighted by Crippen LogP contribution is -2.61. The number of fused-ring (bicyclic) bond motifs is 5. The highest BCUT2D eigenvalue weighted by Gasteiger charge is 2.67. The third-order valence-corrected chi connectivity index (χ3v) is 8.63. The second kappa shape index (κ2) is 7.43. The first-order valence-corrected chi connectivity index (χ1v) is 10.1. The van der Waals surface area contributed by atoms with E-state index >= 15 is 0 Å². The molecule has 3 saturated carbocycles. The topological polar surface area (TPSA) is 74.6 Å². The van der Waals surface area contributed by atoms with Crippen LogP contribution in [0.5, 0.6) is 0 Å². The average Bonchev–Trinajstić information content (AvgIpc) is 2.89. The molecular formula is C24H36O4. The predicted octanol–water partition coefficient (Wildman–Crippen LogP) is 3.69. The van der Waals surface area contributed by atoms with Crippen molar-refractivity contribution in [1.29, 1.82) is 0 Å². The first kappa shape index (κ1) is 22.8. The molecule has 0 aromatic carbocycles. The van der Waals surface area contributed by atoms with E-state index in [4.69, 9.17) is 0 Å². The van der Waals surface area contributed by atoms with E-state index < -0.39 is 17.1 Å². The van der Waals surface area contributed by atoms with Gasteiger partial charge in [-0.2, -0.15) is 0 Å². The van der Waals surface area contributed by atoms with Gasteiger partial charge in [-0.3, -0.25) is 9.59 Å². The van der Waals surface area contributed by atoms with Gasteiger partial charge in [0, 0.05) is 11.8 Å². The van der Waals surface area contributed by atoms with Crippen molar-refractivity contribution in [1.82, 2.24) is 0 Å². The van der Waals surface area contributed by atoms with E-state index in [1.165, 1.54) is 12.5 Å². The molecule has 0 radical (unpaired) electrons. The summed E-state index contributed by atoms with van der Waals surface area (Å²) in [6.45, 7) is 5.73. The lowest BCUT2D eigenvalue weighted by molar-refractivity contribution is -0.179. The molecule has 0 heterocycles. The van der Waals surface area contributed by atoms with Gasteiger partial charge in [-0.1, -0.05) is 26.8 Å². The highest BCUT2D eigenvalue weighted by molar-refractivity contribution is 5.91. The normalized spacial score (nSPS) is 46.5. The van der Waals surface area contributed by atoms with Gasteiger partial charge in [0.2, 0.25) is 0 Å². The maximum Gasteiger partial charge on any atom is 0.161 e. The zero-order valence-electron chi connectivity index (χ0n) is 16.7. The van der Waals surface area contributed by atoms with Crippen LogP contribution >= 0.6 is 0 Å². The number of allylic oxidation sites excluding steroid dienone is 1. The molecule has 4 aliphatic rings. The van der Waals surface area contributed by atoms with Gasteiger partial charge in [0.15, 0.2) is 11.6 Å². The standard InChI is InChI=1S/C21H30O4.C2H2.CH4/c1-12(22)21(25)9-7-16-15-5-4-13-10-14(23)6-8-19(13,2)18(15)17(24)11-20(16,21)3;1-2;/h10,15-18,24-25H,4-9,11H2,1-3H3;1-2H;1H4/t15?,16?,17?,18?,19?,20?,21-;;/m0../s1. The minimum absolute atomic E-state index is 0. The van der Waals surface area contributed by atoms with Crippen LogP contribution in [0.1, 0.15) is 73.1 Å². The fourth-order valence-electron chi connectivity index (χ4n) is 7.27. The van der Waals surface area contributed by atoms with Gasteiger partial charge >= 0.3 is 0 Å². The van der Waals surface area contributed by atoms with Crippen LogP contribution in [0.15, 0.2) is 11.6 Å². The van der Waals surface area contributed by atoms with Crippen molar-refractivity contribution in [3.8, 4) is 12.8 Å². The number of aliphatic hydroxyl groups excluding tert-OH is 1. The van der Waals surface area contributed by atoms with Crippen LogP contribution in [0.4, 0.5) is 0 Å². The Kier molecular flexibility index (Phi) is 6.06. The van der Waals surface area contributed by atoms with Crippen LogP contribution in [0.3, 0.4) is 0 Å². The first-order valence-electron chi connectivity index (χ1n) is 10.1. The summed E-state index contributed by atoms with van der Waals surface area (Å²) in [5.74, 6) is 0.776. The summed E-state index contributed by atoms with van der Waals surface area (Å²) in [6.07, 6.45) is 14.4. The third kappa shape index (κ3) is 2.82. The van der Waals surface area contributed by atoms with E-state index in [1.807, 2.05) is 13.0 Å². The molecule has 0 aromatic heterocycles. The molecule has 4 heteroatoms. The Morgan fingerprint density at radius 2 is 1.82 bits per heavy atom. The molecule has 0 amide bonds. The van der Waals surface area contributed by atoms with E-state index in [-0.39, 0.29) is 36.2 Å². The van der Waals surface area contributed by atoms with Crippen molar-refractivity contribution in [2.45, 2.75) is 84.8 Å². The Morgan fingerprint density at radius 1 is 1.18 bits per heavy atom. The molecule has 0 aromatic rings. The molecule has 7 atom stereocenters. The Balaban J connectivity index is 0.000000906. The summed E-state index contributed by atoms with van der Waals surface area (Å²) in [7, 11) is 0. The molecule has 0 saturated heterocycles. The summed E-state index contributed by atoms with van der Waals surface area (Å²) in [5.41, 5.74) is -0.744. The van der Waals surface area contributed by atoms with Crippen LogP contribution in [0, 0.1) is 41.4 Å². The molecule has 0 aliphatic heterocycles. The summed E-state index contributed by atoms with van der Waals surface area (Å²) in [4.78, 5) is 24.1. The highest BCUT2D eigenvalue weighted by atomic mass is 16.3. The molecular weight excluding hydrogens is 352 g/mol. The molecule has 6 unspecified atom stereocenters. The zero-order chi connectivity index (χ0) is 20.2. The maximum atomic E-state index is 12.2. The van der Waals surface area contributed by atoms with Gasteiger partial charge < -0.3 is 10.2 Å². The smallest absolute Gasteiger partial charge is 0.161 e. The monoisotopic (exact) mass is 388 g/mol. The maximum absolute atomic E-state index is 12.2. The number of carbonyl (C=O) groups is 2. The summed E-state index contributed by atoms with van der Waals surface area (Å²) >= 11 is 0. The Hall–Kier alpha value is -1.44. The van der Waals surface area contributed by atoms with Crippen LogP contribution in [-0.2, 0) is 9.59 Å². The molecule has 2 N–H and O–H groups in total. The van der Waals surface area contributed by atoms with Crippen molar-refractivity contribution < 1.29 is 19.8 Å². The van der Waals surface area contributed by atoms with Crippen LogP contribution in [0.2, 0.25) is 0 Å². The molecule has 156 valence electrons. The van der Waals surface area contributed by atoms with Crippen LogP contribution in [0.25, 0.3) is 0 Å². The number of rotatable bonds is 1. The largest absolute Gasteiger partial charge is 0.393 e. The van der Waals surface area contributed by atoms with Crippen molar-refractivity contribution in [2.75, 3.05) is 0 Å². The Labute approximate surface area is 169 Å². The Bertz CT molecular complexity index is 707. The number of hydrogen-bond donors (Lipinski definition) is 2. The van der Waals surface area contributed by atoms with Crippen molar-refractivity contribution >= 4 is 11.6 Å². The molecule has 3 fully saturated rings. The Morgan fingerprint density at radius 3 is 2.43 bits per heavy atom. The second-order valence-electron chi connectivity index (χ2n) is 9.53. The molecule has 28 heavy (non-hydrogen) atoms. The first-order chi connectivity index (χ1) is 12.6. The minimum atomic E-state index is -1.30. The minimum Gasteiger partial charge on any atom is -0.393 e. The van der Waals surface area contributed by atoms with Gasteiger partial charge in [0.1, 0.15) is 5.60 Å². The second-order valence-corrected chi connectivity index (χ2v) is 9.53. The summed E-state index contributed by atoms with van der Waals surface area (Å²) < 4.78 is 0. The van der Waals surface area contributed by atoms with Gasteiger partial charge in [0.25, 0.3) is 0 Å². The van der Waals surface area contributed by atoms with Crippen molar-refractivity contribution in [3.63, 3.8) is 0 Å². The molecule has 0 spiro atoms. The van der Waals surface area contributed by atoms with Gasteiger partial charge in [-0.25, -0.2) is 0 Å². The fraction of sp³-hybridized carbons (Fsp3) is 0.750. The van der Waals surface area contributed by atoms with Crippen molar-refractivity contribution in [3.05, 3.63) is 11.6 Å². The van der Waals surface area contributed by atoms with Crippen molar-refractivity contribution in [2.24, 2.45) is 28.6 Å². The molecule has 4 aliphatic carbocycles. The average molecular weight is 389 g/mol. The number of aliphatic hydroxyl groups is 2. The molecule has 4 rings (SSSR count). The molecule has 4 nitrogen and oxygen atoms in total. The van der Waals surface area contributed by atoms with Gasteiger partial charge in [-0.15, -0.1) is 12.8 Å². The highest BCUT2D eigenvalue weighted by Crippen LogP contribution is 2.67. The quantitative estimate of drug-likeness (QED) is 0.672. The van der Waals surface area contributed by atoms with E-state index in [0.29, 0.717) is 25.2 Å². The molecule has 0 bridgehead atoms. The van der Waals surface area contributed by atoms with E-state index in [1.54, 1.807) is 0 Å². The summed E-state index contributed by atoms with van der Waals surface area (Å²) in [6, 6.07) is 0. The predicted molar refractivity (Wildman–Crippen MR) is 110 cm³/mol. The van der Waals surface area contributed by atoms with Gasteiger partial charge in [0.05, 0.1) is 6.10 Å². The lowest BCUT2D eigenvalue weighted by atomic mass is 9.45. The number of carbonyl (C=O) groups excluding carboxylic acids is 2. The summed E-state index contributed by atoms with van der Waals surface area (Å²) in [5, 5.41) is 22.3. The van der Waals surface area contributed by atoms with E-state index in [0.717, 1.165) is 25.7 Å². The SMILES string of the molecule is C.C#C.CC(=O)[C@@]1(O)CCC2C3CCC4=CC(=O)CCC4(C)C3C(O)CC21C. The van der Waals surface area contributed by atoms with E-state index in [9.17, 15) is 19.8 Å². The number of Topliss-reactive ketones (excluding diaryl/α,β-unsaturated/α-hetero) is 1. The van der Waals surface area contributed by atoms with Gasteiger partial charge in [-0.05, 0) is 74.7 Å². The van der Waals surface area contributed by atoms with Crippen LogP contribution in [-0.4, -0.2) is 33.5 Å². The van der Waals surface area contributed by atoms with E-state index in [2.05, 4.69) is 19.8 Å². The fourth-order valence-corrected chi connectivity index (χ4v) is 7.27. The number of ketones is 2. The zero-order valence-corrected chi connectivity index (χ0v) is 16.7.